The molecule has 1 aromatic heterocycles. The molecule has 0 spiro atoms. The van der Waals surface area contributed by atoms with Crippen molar-refractivity contribution in [3.8, 4) is 0 Å². The van der Waals surface area contributed by atoms with Crippen LogP contribution in [0.15, 0.2) is 76.9 Å². The van der Waals surface area contributed by atoms with Crippen molar-refractivity contribution < 1.29 is 24.0 Å². The Balaban J connectivity index is 1.87. The van der Waals surface area contributed by atoms with Crippen LogP contribution in [0.3, 0.4) is 0 Å². The fourth-order valence-corrected chi connectivity index (χ4v) is 3.63. The van der Waals surface area contributed by atoms with Crippen molar-refractivity contribution in [3.63, 3.8) is 0 Å². The highest BCUT2D eigenvalue weighted by molar-refractivity contribution is 6.46. The van der Waals surface area contributed by atoms with E-state index in [4.69, 9.17) is 4.42 Å². The number of carbonyl (C=O) groups excluding carboxylic acids is 2. The van der Waals surface area contributed by atoms with E-state index in [1.165, 1.54) is 35.4 Å². The van der Waals surface area contributed by atoms with Crippen LogP contribution in [-0.4, -0.2) is 26.6 Å². The molecule has 1 saturated heterocycles. The van der Waals surface area contributed by atoms with Crippen LogP contribution in [0.4, 0.5) is 5.69 Å². The number of amides is 1. The number of aliphatic hydroxyl groups excluding tert-OH is 1. The first-order valence-corrected chi connectivity index (χ1v) is 9.49. The Bertz CT molecular complexity index is 1200. The zero-order valence-corrected chi connectivity index (χ0v) is 16.5. The third-order valence-electron chi connectivity index (χ3n) is 5.17. The van der Waals surface area contributed by atoms with Crippen molar-refractivity contribution in [2.24, 2.45) is 0 Å². The molecular weight excluding hydrogens is 400 g/mol. The Morgan fingerprint density at radius 3 is 2.52 bits per heavy atom. The minimum atomic E-state index is -0.870. The molecule has 8 heteroatoms. The third kappa shape index (κ3) is 3.71. The van der Waals surface area contributed by atoms with Gasteiger partial charge in [-0.05, 0) is 24.6 Å². The van der Waals surface area contributed by atoms with E-state index in [9.17, 15) is 24.8 Å². The predicted molar refractivity (Wildman–Crippen MR) is 111 cm³/mol. The molecule has 2 aromatic carbocycles. The van der Waals surface area contributed by atoms with Gasteiger partial charge in [0.25, 0.3) is 17.4 Å². The number of benzene rings is 2. The van der Waals surface area contributed by atoms with Gasteiger partial charge in [0, 0.05) is 17.7 Å². The molecule has 1 amide bonds. The molecule has 1 aliphatic rings. The second kappa shape index (κ2) is 7.91. The molecule has 1 aliphatic heterocycles. The van der Waals surface area contributed by atoms with Gasteiger partial charge in [0.05, 0.1) is 29.3 Å². The lowest BCUT2D eigenvalue weighted by atomic mass is 9.94. The monoisotopic (exact) mass is 418 g/mol. The van der Waals surface area contributed by atoms with Crippen LogP contribution in [0.5, 0.6) is 0 Å². The summed E-state index contributed by atoms with van der Waals surface area (Å²) < 4.78 is 5.35. The first-order chi connectivity index (χ1) is 14.9. The molecule has 1 N–H and O–H groups in total. The number of Topliss-reactive ketones (excluding diaryl/α,β-unsaturated/α-hetero) is 1. The van der Waals surface area contributed by atoms with Crippen LogP contribution < -0.4 is 0 Å². The Labute approximate surface area is 177 Å². The molecule has 31 heavy (non-hydrogen) atoms. The molecular formula is C23H18N2O6. The molecule has 156 valence electrons. The maximum Gasteiger partial charge on any atom is 0.296 e. The Hall–Kier alpha value is -4.20. The number of hydrogen-bond donors (Lipinski definition) is 1. The van der Waals surface area contributed by atoms with Crippen LogP contribution in [0.2, 0.25) is 0 Å². The minimum absolute atomic E-state index is 0.0296. The standard InChI is InChI=1S/C23H18N2O6/c1-14-7-9-15(10-8-14)20-19(21(26)16-4-2-5-17(12-16)25(29)30)22(27)23(28)24(20)13-18-6-3-11-31-18/h2-12,20,26H,13H2,1H3/b21-19-. The van der Waals surface area contributed by atoms with Crippen LogP contribution in [0.25, 0.3) is 5.76 Å². The molecule has 3 aromatic rings. The molecule has 2 heterocycles. The van der Waals surface area contributed by atoms with Crippen LogP contribution >= 0.6 is 0 Å². The average molecular weight is 418 g/mol. The van der Waals surface area contributed by atoms with Gasteiger partial charge in [-0.3, -0.25) is 19.7 Å². The van der Waals surface area contributed by atoms with E-state index in [0.29, 0.717) is 11.3 Å². The Morgan fingerprint density at radius 2 is 1.87 bits per heavy atom. The zero-order valence-electron chi connectivity index (χ0n) is 16.5. The van der Waals surface area contributed by atoms with Gasteiger partial charge in [-0.15, -0.1) is 0 Å². The van der Waals surface area contributed by atoms with Gasteiger partial charge in [0.2, 0.25) is 0 Å². The summed E-state index contributed by atoms with van der Waals surface area (Å²) in [6.07, 6.45) is 1.47. The van der Waals surface area contributed by atoms with E-state index in [-0.39, 0.29) is 23.4 Å². The number of nitro benzene ring substituents is 1. The van der Waals surface area contributed by atoms with Gasteiger partial charge in [0.1, 0.15) is 11.5 Å². The van der Waals surface area contributed by atoms with E-state index in [1.54, 1.807) is 24.3 Å². The van der Waals surface area contributed by atoms with Gasteiger partial charge in [-0.25, -0.2) is 0 Å². The average Bonchev–Trinajstić information content (AvgIpc) is 3.36. The maximum absolute atomic E-state index is 13.0. The van der Waals surface area contributed by atoms with Crippen LogP contribution in [0.1, 0.15) is 28.5 Å². The second-order valence-corrected chi connectivity index (χ2v) is 7.22. The molecule has 1 atom stereocenters. The van der Waals surface area contributed by atoms with E-state index in [1.807, 2.05) is 19.1 Å². The number of nitrogens with zero attached hydrogens (tertiary/aromatic N) is 2. The van der Waals surface area contributed by atoms with Gasteiger partial charge in [-0.2, -0.15) is 0 Å². The van der Waals surface area contributed by atoms with Crippen molar-refractivity contribution in [1.82, 2.24) is 4.90 Å². The molecule has 0 radical (unpaired) electrons. The van der Waals surface area contributed by atoms with Crippen molar-refractivity contribution in [3.05, 3.63) is 105 Å². The number of ketones is 1. The number of nitro groups is 1. The van der Waals surface area contributed by atoms with Gasteiger partial charge >= 0.3 is 0 Å². The Kier molecular flexibility index (Phi) is 5.12. The van der Waals surface area contributed by atoms with Crippen molar-refractivity contribution in [2.75, 3.05) is 0 Å². The maximum atomic E-state index is 13.0. The van der Waals surface area contributed by atoms with Crippen molar-refractivity contribution in [1.29, 1.82) is 0 Å². The highest BCUT2D eigenvalue weighted by atomic mass is 16.6. The molecule has 1 fully saturated rings. The first kappa shape index (κ1) is 20.1. The smallest absolute Gasteiger partial charge is 0.296 e. The summed E-state index contributed by atoms with van der Waals surface area (Å²) in [5.74, 6) is -1.63. The largest absolute Gasteiger partial charge is 0.507 e. The number of furan rings is 1. The van der Waals surface area contributed by atoms with Crippen molar-refractivity contribution in [2.45, 2.75) is 19.5 Å². The molecule has 4 rings (SSSR count). The van der Waals surface area contributed by atoms with Gasteiger partial charge in [0.15, 0.2) is 0 Å². The van der Waals surface area contributed by atoms with Gasteiger partial charge in [-0.1, -0.05) is 42.0 Å². The summed E-state index contributed by atoms with van der Waals surface area (Å²) in [6.45, 7) is 1.94. The fourth-order valence-electron chi connectivity index (χ4n) is 3.63. The highest BCUT2D eigenvalue weighted by Crippen LogP contribution is 2.40. The summed E-state index contributed by atoms with van der Waals surface area (Å²) in [4.78, 5) is 37.7. The lowest BCUT2D eigenvalue weighted by Gasteiger charge is -2.24. The summed E-state index contributed by atoms with van der Waals surface area (Å²) >= 11 is 0. The van der Waals surface area contributed by atoms with Crippen molar-refractivity contribution >= 4 is 23.1 Å². The summed E-state index contributed by atoms with van der Waals surface area (Å²) in [5, 5.41) is 22.1. The number of aryl methyl sites for hydroxylation is 1. The van der Waals surface area contributed by atoms with Gasteiger partial charge < -0.3 is 14.4 Å². The topological polar surface area (TPSA) is 114 Å². The number of carbonyl (C=O) groups is 2. The Morgan fingerprint density at radius 1 is 1.13 bits per heavy atom. The number of hydrogen-bond acceptors (Lipinski definition) is 6. The SMILES string of the molecule is Cc1ccc(C2/C(=C(/O)c3cccc([N+](=O)[O-])c3)C(=O)C(=O)N2Cc2ccco2)cc1. The molecule has 1 unspecified atom stereocenters. The third-order valence-corrected chi connectivity index (χ3v) is 5.17. The number of non-ortho nitro benzene ring substituents is 1. The van der Waals surface area contributed by atoms with Crippen LogP contribution in [-0.2, 0) is 16.1 Å². The molecule has 8 nitrogen and oxygen atoms in total. The number of rotatable bonds is 5. The van der Waals surface area contributed by atoms with E-state index >= 15 is 0 Å². The molecule has 0 bridgehead atoms. The molecule has 0 aliphatic carbocycles. The fraction of sp³-hybridized carbons (Fsp3) is 0.130. The summed E-state index contributed by atoms with van der Waals surface area (Å²) in [6, 6.07) is 15.0. The minimum Gasteiger partial charge on any atom is -0.507 e. The number of likely N-dealkylation sites (tertiary alicyclic amines) is 1. The first-order valence-electron chi connectivity index (χ1n) is 9.49. The van der Waals surface area contributed by atoms with E-state index < -0.39 is 28.4 Å². The number of aliphatic hydroxyl groups is 1. The summed E-state index contributed by atoms with van der Waals surface area (Å²) in [5.41, 5.74) is 1.35. The van der Waals surface area contributed by atoms with E-state index in [2.05, 4.69) is 0 Å². The predicted octanol–water partition coefficient (Wildman–Crippen LogP) is 4.12. The highest BCUT2D eigenvalue weighted by Gasteiger charge is 2.46. The molecule has 0 saturated carbocycles. The van der Waals surface area contributed by atoms with E-state index in [0.717, 1.165) is 5.56 Å². The zero-order chi connectivity index (χ0) is 22.1. The quantitative estimate of drug-likeness (QED) is 0.219. The normalized spacial score (nSPS) is 17.8. The second-order valence-electron chi connectivity index (χ2n) is 7.22. The summed E-state index contributed by atoms with van der Waals surface area (Å²) in [7, 11) is 0. The lowest BCUT2D eigenvalue weighted by Crippen LogP contribution is -2.29. The lowest BCUT2D eigenvalue weighted by molar-refractivity contribution is -0.384. The van der Waals surface area contributed by atoms with Crippen LogP contribution in [0, 0.1) is 17.0 Å².